The summed E-state index contributed by atoms with van der Waals surface area (Å²) in [5.41, 5.74) is 0.921. The van der Waals surface area contributed by atoms with Gasteiger partial charge in [0, 0.05) is 30.9 Å². The topological polar surface area (TPSA) is 50.3 Å². The highest BCUT2D eigenvalue weighted by molar-refractivity contribution is 5.30. The Bertz CT molecular complexity index is 422. The van der Waals surface area contributed by atoms with Crippen molar-refractivity contribution in [1.29, 1.82) is 0 Å². The smallest absolute Gasteiger partial charge is 0.226 e. The molecule has 2 heterocycles. The molecule has 106 valence electrons. The lowest BCUT2D eigenvalue weighted by Gasteiger charge is -2.20. The van der Waals surface area contributed by atoms with Crippen LogP contribution in [0.5, 0.6) is 5.88 Å². The molecule has 0 aromatic carbocycles. The quantitative estimate of drug-likeness (QED) is 0.880. The Morgan fingerprint density at radius 3 is 2.89 bits per heavy atom. The molecule has 1 N–H and O–H groups in total. The Morgan fingerprint density at radius 2 is 2.26 bits per heavy atom. The van der Waals surface area contributed by atoms with Crippen molar-refractivity contribution in [3.63, 3.8) is 0 Å². The molecule has 2 rings (SSSR count). The van der Waals surface area contributed by atoms with Crippen LogP contribution in [-0.4, -0.2) is 47.7 Å². The van der Waals surface area contributed by atoms with Crippen molar-refractivity contribution in [3.8, 4) is 5.88 Å². The lowest BCUT2D eigenvalue weighted by atomic mass is 10.1. The lowest BCUT2D eigenvalue weighted by Crippen LogP contribution is -2.29. The molecule has 1 unspecified atom stereocenters. The van der Waals surface area contributed by atoms with Gasteiger partial charge in [-0.1, -0.05) is 0 Å². The van der Waals surface area contributed by atoms with Gasteiger partial charge in [-0.15, -0.1) is 0 Å². The molecule has 5 nitrogen and oxygen atoms in total. The van der Waals surface area contributed by atoms with Crippen molar-refractivity contribution in [2.24, 2.45) is 5.92 Å². The van der Waals surface area contributed by atoms with Gasteiger partial charge in [-0.05, 0) is 39.7 Å². The second-order valence-electron chi connectivity index (χ2n) is 5.50. The van der Waals surface area contributed by atoms with Crippen molar-refractivity contribution in [2.45, 2.75) is 33.2 Å². The van der Waals surface area contributed by atoms with E-state index in [0.29, 0.717) is 23.8 Å². The summed E-state index contributed by atoms with van der Waals surface area (Å²) in [6.07, 6.45) is 1.24. The number of anilines is 1. The van der Waals surface area contributed by atoms with Gasteiger partial charge in [0.1, 0.15) is 0 Å². The average molecular weight is 264 g/mol. The third kappa shape index (κ3) is 3.80. The summed E-state index contributed by atoms with van der Waals surface area (Å²) in [5, 5.41) is 3.33. The molecule has 1 aliphatic rings. The van der Waals surface area contributed by atoms with Crippen molar-refractivity contribution in [3.05, 3.63) is 11.8 Å². The van der Waals surface area contributed by atoms with Gasteiger partial charge in [0.2, 0.25) is 11.8 Å². The molecular weight excluding hydrogens is 240 g/mol. The first-order valence-corrected chi connectivity index (χ1v) is 6.96. The highest BCUT2D eigenvalue weighted by atomic mass is 16.5. The predicted octanol–water partition coefficient (Wildman–Crippen LogP) is 1.94. The number of ether oxygens (including phenoxy) is 1. The fourth-order valence-corrected chi connectivity index (χ4v) is 2.46. The van der Waals surface area contributed by atoms with Gasteiger partial charge in [-0.2, -0.15) is 4.98 Å². The van der Waals surface area contributed by atoms with Crippen molar-refractivity contribution in [2.75, 3.05) is 32.1 Å². The highest BCUT2D eigenvalue weighted by Crippen LogP contribution is 2.19. The second kappa shape index (κ2) is 6.19. The number of methoxy groups -OCH3 is 1. The van der Waals surface area contributed by atoms with E-state index >= 15 is 0 Å². The van der Waals surface area contributed by atoms with Crippen LogP contribution in [-0.2, 0) is 0 Å². The van der Waals surface area contributed by atoms with E-state index in [1.54, 1.807) is 7.11 Å². The first-order chi connectivity index (χ1) is 9.08. The summed E-state index contributed by atoms with van der Waals surface area (Å²) in [7, 11) is 1.63. The minimum Gasteiger partial charge on any atom is -0.481 e. The first kappa shape index (κ1) is 14.1. The molecule has 1 atom stereocenters. The van der Waals surface area contributed by atoms with Crippen LogP contribution in [0.4, 0.5) is 5.95 Å². The Balaban J connectivity index is 1.87. The van der Waals surface area contributed by atoms with E-state index in [9.17, 15) is 0 Å². The molecular formula is C14H24N4O. The average Bonchev–Trinajstić information content (AvgIpc) is 2.84. The van der Waals surface area contributed by atoms with Gasteiger partial charge in [0.15, 0.2) is 0 Å². The Morgan fingerprint density at radius 1 is 1.47 bits per heavy atom. The number of aromatic nitrogens is 2. The van der Waals surface area contributed by atoms with Crippen LogP contribution in [0.1, 0.15) is 26.0 Å². The fraction of sp³-hybridized carbons (Fsp3) is 0.714. The Kier molecular flexibility index (Phi) is 4.58. The van der Waals surface area contributed by atoms with E-state index in [1.165, 1.54) is 13.0 Å². The summed E-state index contributed by atoms with van der Waals surface area (Å²) >= 11 is 0. The predicted molar refractivity (Wildman–Crippen MR) is 76.6 cm³/mol. The number of aryl methyl sites for hydroxylation is 1. The normalized spacial score (nSPS) is 19.9. The van der Waals surface area contributed by atoms with Crippen LogP contribution >= 0.6 is 0 Å². The number of hydrogen-bond acceptors (Lipinski definition) is 5. The van der Waals surface area contributed by atoms with Crippen molar-refractivity contribution < 1.29 is 4.74 Å². The highest BCUT2D eigenvalue weighted by Gasteiger charge is 2.24. The second-order valence-corrected chi connectivity index (χ2v) is 5.50. The van der Waals surface area contributed by atoms with Crippen molar-refractivity contribution in [1.82, 2.24) is 14.9 Å². The molecule has 1 aromatic heterocycles. The van der Waals surface area contributed by atoms with Crippen LogP contribution in [0, 0.1) is 12.8 Å². The van der Waals surface area contributed by atoms with Crippen LogP contribution in [0.2, 0.25) is 0 Å². The molecule has 0 bridgehead atoms. The number of likely N-dealkylation sites (tertiary alicyclic amines) is 1. The number of rotatable bonds is 5. The zero-order valence-corrected chi connectivity index (χ0v) is 12.3. The molecule has 1 saturated heterocycles. The molecule has 0 saturated carbocycles. The molecule has 1 aliphatic heterocycles. The monoisotopic (exact) mass is 264 g/mol. The largest absolute Gasteiger partial charge is 0.481 e. The van der Waals surface area contributed by atoms with Crippen LogP contribution < -0.4 is 10.1 Å². The summed E-state index contributed by atoms with van der Waals surface area (Å²) < 4.78 is 5.16. The van der Waals surface area contributed by atoms with E-state index in [0.717, 1.165) is 18.8 Å². The van der Waals surface area contributed by atoms with Gasteiger partial charge >= 0.3 is 0 Å². The standard InChI is InChI=1S/C14H24N4O/c1-10(2)18-6-5-12(9-18)8-15-14-16-11(3)7-13(17-14)19-4/h7,10,12H,5-6,8-9H2,1-4H3,(H,15,16,17). The third-order valence-electron chi connectivity index (χ3n) is 3.64. The molecule has 1 fully saturated rings. The maximum atomic E-state index is 5.16. The summed E-state index contributed by atoms with van der Waals surface area (Å²) in [4.78, 5) is 11.2. The number of hydrogen-bond donors (Lipinski definition) is 1. The van der Waals surface area contributed by atoms with Crippen LogP contribution in [0.3, 0.4) is 0 Å². The maximum absolute atomic E-state index is 5.16. The SMILES string of the molecule is COc1cc(C)nc(NCC2CCN(C(C)C)C2)n1. The summed E-state index contributed by atoms with van der Waals surface area (Å²) in [5.74, 6) is 1.96. The van der Waals surface area contributed by atoms with E-state index in [2.05, 4.69) is 34.0 Å². The van der Waals surface area contributed by atoms with E-state index < -0.39 is 0 Å². The third-order valence-corrected chi connectivity index (χ3v) is 3.64. The fourth-order valence-electron chi connectivity index (χ4n) is 2.46. The van der Waals surface area contributed by atoms with Gasteiger partial charge in [-0.3, -0.25) is 0 Å². The number of nitrogens with zero attached hydrogens (tertiary/aromatic N) is 3. The van der Waals surface area contributed by atoms with E-state index in [-0.39, 0.29) is 0 Å². The first-order valence-electron chi connectivity index (χ1n) is 6.96. The molecule has 0 radical (unpaired) electrons. The zero-order chi connectivity index (χ0) is 13.8. The molecule has 0 aliphatic carbocycles. The van der Waals surface area contributed by atoms with Crippen LogP contribution in [0.25, 0.3) is 0 Å². The van der Waals surface area contributed by atoms with E-state index in [1.807, 2.05) is 13.0 Å². The number of nitrogens with one attached hydrogen (secondary N) is 1. The molecule has 0 amide bonds. The van der Waals surface area contributed by atoms with Crippen LogP contribution in [0.15, 0.2) is 6.07 Å². The molecule has 19 heavy (non-hydrogen) atoms. The molecule has 0 spiro atoms. The molecule has 1 aromatic rings. The van der Waals surface area contributed by atoms with Gasteiger partial charge in [0.25, 0.3) is 0 Å². The Labute approximate surface area is 115 Å². The summed E-state index contributed by atoms with van der Waals surface area (Å²) in [6.45, 7) is 9.74. The zero-order valence-electron chi connectivity index (χ0n) is 12.3. The lowest BCUT2D eigenvalue weighted by molar-refractivity contribution is 0.266. The summed E-state index contributed by atoms with van der Waals surface area (Å²) in [6, 6.07) is 2.47. The van der Waals surface area contributed by atoms with Crippen molar-refractivity contribution >= 4 is 5.95 Å². The minimum atomic E-state index is 0.616. The minimum absolute atomic E-state index is 0.616. The maximum Gasteiger partial charge on any atom is 0.226 e. The molecule has 5 heteroatoms. The van der Waals surface area contributed by atoms with Gasteiger partial charge in [-0.25, -0.2) is 4.98 Å². The van der Waals surface area contributed by atoms with Gasteiger partial charge < -0.3 is 15.0 Å². The Hall–Kier alpha value is -1.36. The van der Waals surface area contributed by atoms with Gasteiger partial charge in [0.05, 0.1) is 7.11 Å². The van der Waals surface area contributed by atoms with E-state index in [4.69, 9.17) is 4.74 Å².